The molecule has 2 unspecified atom stereocenters. The monoisotopic (exact) mass is 446 g/mol. The third-order valence-corrected chi connectivity index (χ3v) is 6.90. The number of carbonyl (C=O) groups is 1. The van der Waals surface area contributed by atoms with Gasteiger partial charge in [0.1, 0.15) is 5.82 Å². The highest BCUT2D eigenvalue weighted by Crippen LogP contribution is 2.41. The third kappa shape index (κ3) is 4.64. The molecular formula is C26H30N4O3. The number of hydrogen-bond acceptors (Lipinski definition) is 4. The van der Waals surface area contributed by atoms with Gasteiger partial charge >= 0.3 is 6.09 Å². The van der Waals surface area contributed by atoms with Crippen molar-refractivity contribution in [1.29, 1.82) is 0 Å². The summed E-state index contributed by atoms with van der Waals surface area (Å²) in [6.45, 7) is 2.18. The molecule has 2 atom stereocenters. The fourth-order valence-electron chi connectivity index (χ4n) is 5.06. The number of aryl methyl sites for hydroxylation is 1. The number of nitrogens with one attached hydrogen (secondary N) is 2. The molecule has 2 fully saturated rings. The van der Waals surface area contributed by atoms with Crippen molar-refractivity contribution >= 4 is 17.0 Å². The Kier molecular flexibility index (Phi) is 6.13. The summed E-state index contributed by atoms with van der Waals surface area (Å²) < 4.78 is 1.62. The second kappa shape index (κ2) is 9.35. The summed E-state index contributed by atoms with van der Waals surface area (Å²) in [5, 5.41) is 16.2. The molecule has 0 radical (unpaired) electrons. The zero-order valence-electron chi connectivity index (χ0n) is 18.7. The maximum Gasteiger partial charge on any atom is 0.405 e. The molecule has 1 aliphatic carbocycles. The van der Waals surface area contributed by atoms with Crippen LogP contribution < -0.4 is 16.2 Å². The zero-order valence-corrected chi connectivity index (χ0v) is 18.7. The number of amides is 1. The van der Waals surface area contributed by atoms with Gasteiger partial charge in [-0.2, -0.15) is 0 Å². The molecule has 3 N–H and O–H groups in total. The van der Waals surface area contributed by atoms with Crippen LogP contribution in [0.5, 0.6) is 0 Å². The minimum Gasteiger partial charge on any atom is -0.465 e. The van der Waals surface area contributed by atoms with Gasteiger partial charge in [-0.15, -0.1) is 0 Å². The molecule has 0 bridgehead atoms. The van der Waals surface area contributed by atoms with Crippen molar-refractivity contribution in [2.24, 2.45) is 11.8 Å². The summed E-state index contributed by atoms with van der Waals surface area (Å²) in [5.74, 6) is 1.34. The average Bonchev–Trinajstić information content (AvgIpc) is 3.53. The number of benzene rings is 2. The van der Waals surface area contributed by atoms with Gasteiger partial charge in [-0.3, -0.25) is 9.36 Å². The van der Waals surface area contributed by atoms with Gasteiger partial charge in [0.2, 0.25) is 0 Å². The minimum absolute atomic E-state index is 0.128. The van der Waals surface area contributed by atoms with Gasteiger partial charge in [-0.25, -0.2) is 9.78 Å². The lowest BCUT2D eigenvalue weighted by Gasteiger charge is -2.22. The summed E-state index contributed by atoms with van der Waals surface area (Å²) in [6.07, 6.45) is 4.97. The van der Waals surface area contributed by atoms with Gasteiger partial charge in [-0.05, 0) is 87.2 Å². The lowest BCUT2D eigenvalue weighted by atomic mass is 9.97. The van der Waals surface area contributed by atoms with Crippen LogP contribution in [0.4, 0.5) is 4.79 Å². The van der Waals surface area contributed by atoms with Crippen molar-refractivity contribution in [2.45, 2.75) is 44.6 Å². The smallest absolute Gasteiger partial charge is 0.405 e. The van der Waals surface area contributed by atoms with Crippen molar-refractivity contribution in [3.05, 3.63) is 70.3 Å². The van der Waals surface area contributed by atoms with E-state index in [1.165, 1.54) is 6.42 Å². The van der Waals surface area contributed by atoms with E-state index in [1.807, 2.05) is 48.5 Å². The SMILES string of the molecule is O=C(O)NC(c1nc2cccc(CCCC3CCNC3)c2c(=O)n1-c1ccccc1)C1CC1. The fraction of sp³-hybridized carbons (Fsp3) is 0.423. The molecule has 2 heterocycles. The van der Waals surface area contributed by atoms with Crippen LogP contribution in [0.15, 0.2) is 53.3 Å². The van der Waals surface area contributed by atoms with Crippen molar-refractivity contribution in [3.8, 4) is 5.69 Å². The molecule has 1 amide bonds. The molecule has 1 aliphatic heterocycles. The number of nitrogens with zero attached hydrogens (tertiary/aromatic N) is 2. The standard InChI is InChI=1S/C26H30N4O3/c31-25-22-18(7-4-6-17-14-15-27-16-17)8-5-11-21(22)28-24(23(19-12-13-19)29-26(32)33)30(25)20-9-2-1-3-10-20/h1-3,5,8-11,17,19,23,27,29H,4,6-7,12-16H2,(H,32,33). The number of aromatic nitrogens is 2. The van der Waals surface area contributed by atoms with E-state index in [0.717, 1.165) is 50.8 Å². The summed E-state index contributed by atoms with van der Waals surface area (Å²) in [6, 6.07) is 14.7. The maximum absolute atomic E-state index is 14.0. The first kappa shape index (κ1) is 21.6. The predicted octanol–water partition coefficient (Wildman–Crippen LogP) is 4.04. The van der Waals surface area contributed by atoms with Gasteiger partial charge in [0.05, 0.1) is 22.6 Å². The van der Waals surface area contributed by atoms with Gasteiger partial charge in [0.15, 0.2) is 0 Å². The normalized spacial score (nSPS) is 19.0. The van der Waals surface area contributed by atoms with E-state index in [0.29, 0.717) is 28.3 Å². The van der Waals surface area contributed by atoms with Crippen molar-refractivity contribution in [2.75, 3.05) is 13.1 Å². The van der Waals surface area contributed by atoms with Gasteiger partial charge in [0.25, 0.3) is 5.56 Å². The molecule has 1 aromatic heterocycles. The van der Waals surface area contributed by atoms with Crippen LogP contribution >= 0.6 is 0 Å². The van der Waals surface area contributed by atoms with E-state index >= 15 is 0 Å². The number of fused-ring (bicyclic) bond motifs is 1. The Morgan fingerprint density at radius 2 is 1.97 bits per heavy atom. The van der Waals surface area contributed by atoms with Gasteiger partial charge in [0, 0.05) is 0 Å². The van der Waals surface area contributed by atoms with Crippen LogP contribution in [-0.2, 0) is 6.42 Å². The average molecular weight is 447 g/mol. The number of rotatable bonds is 8. The highest BCUT2D eigenvalue weighted by molar-refractivity contribution is 5.82. The molecule has 3 aromatic rings. The van der Waals surface area contributed by atoms with Crippen molar-refractivity contribution in [1.82, 2.24) is 20.2 Å². The van der Waals surface area contributed by atoms with Crippen LogP contribution in [0.3, 0.4) is 0 Å². The number of hydrogen-bond donors (Lipinski definition) is 3. The van der Waals surface area contributed by atoms with Crippen LogP contribution in [0, 0.1) is 11.8 Å². The van der Waals surface area contributed by atoms with Gasteiger partial charge < -0.3 is 15.7 Å². The highest BCUT2D eigenvalue weighted by atomic mass is 16.4. The molecule has 1 saturated heterocycles. The van der Waals surface area contributed by atoms with Crippen LogP contribution in [0.25, 0.3) is 16.6 Å². The molecule has 33 heavy (non-hydrogen) atoms. The second-order valence-electron chi connectivity index (χ2n) is 9.27. The fourth-order valence-corrected chi connectivity index (χ4v) is 5.06. The largest absolute Gasteiger partial charge is 0.465 e. The number of para-hydroxylation sites is 1. The topological polar surface area (TPSA) is 96.2 Å². The maximum atomic E-state index is 14.0. The van der Waals surface area contributed by atoms with Crippen molar-refractivity contribution in [3.63, 3.8) is 0 Å². The molecule has 7 heteroatoms. The molecule has 1 saturated carbocycles. The molecular weight excluding hydrogens is 416 g/mol. The Labute approximate surface area is 192 Å². The van der Waals surface area contributed by atoms with E-state index in [4.69, 9.17) is 4.98 Å². The Morgan fingerprint density at radius 1 is 1.15 bits per heavy atom. The summed E-state index contributed by atoms with van der Waals surface area (Å²) in [4.78, 5) is 30.4. The van der Waals surface area contributed by atoms with Crippen LogP contribution in [-0.4, -0.2) is 33.8 Å². The first-order chi connectivity index (χ1) is 16.1. The van der Waals surface area contributed by atoms with E-state index in [9.17, 15) is 14.7 Å². The Hall–Kier alpha value is -3.19. The molecule has 7 nitrogen and oxygen atoms in total. The van der Waals surface area contributed by atoms with E-state index < -0.39 is 12.1 Å². The molecule has 5 rings (SSSR count). The Morgan fingerprint density at radius 3 is 2.67 bits per heavy atom. The minimum atomic E-state index is -1.10. The van der Waals surface area contributed by atoms with Crippen LogP contribution in [0.1, 0.15) is 49.5 Å². The lowest BCUT2D eigenvalue weighted by molar-refractivity contribution is 0.187. The van der Waals surface area contributed by atoms with Crippen molar-refractivity contribution < 1.29 is 9.90 Å². The Balaban J connectivity index is 1.60. The van der Waals surface area contributed by atoms with Crippen LogP contribution in [0.2, 0.25) is 0 Å². The molecule has 2 aromatic carbocycles. The molecule has 0 spiro atoms. The first-order valence-corrected chi connectivity index (χ1v) is 11.9. The summed E-state index contributed by atoms with van der Waals surface area (Å²) >= 11 is 0. The van der Waals surface area contributed by atoms with E-state index in [2.05, 4.69) is 10.6 Å². The molecule has 172 valence electrons. The Bertz CT molecular complexity index is 1200. The summed E-state index contributed by atoms with van der Waals surface area (Å²) in [7, 11) is 0. The zero-order chi connectivity index (χ0) is 22.8. The quantitative estimate of drug-likeness (QED) is 0.485. The lowest BCUT2D eigenvalue weighted by Crippen LogP contribution is -2.35. The summed E-state index contributed by atoms with van der Waals surface area (Å²) in [5.41, 5.74) is 2.23. The van der Waals surface area contributed by atoms with E-state index in [-0.39, 0.29) is 11.5 Å². The molecule has 2 aliphatic rings. The predicted molar refractivity (Wildman–Crippen MR) is 128 cm³/mol. The second-order valence-corrected chi connectivity index (χ2v) is 9.27. The first-order valence-electron chi connectivity index (χ1n) is 11.9. The third-order valence-electron chi connectivity index (χ3n) is 6.90. The number of carboxylic acid groups (broad SMARTS) is 1. The highest BCUT2D eigenvalue weighted by Gasteiger charge is 2.37. The van der Waals surface area contributed by atoms with E-state index in [1.54, 1.807) is 4.57 Å². The van der Waals surface area contributed by atoms with Gasteiger partial charge in [-0.1, -0.05) is 30.3 Å².